The highest BCUT2D eigenvalue weighted by atomic mass is 16.2. The smallest absolute Gasteiger partial charge is 0.253 e. The zero-order valence-electron chi connectivity index (χ0n) is 14.7. The quantitative estimate of drug-likeness (QED) is 0.776. The number of nitrogens with one attached hydrogen (secondary N) is 1. The monoisotopic (exact) mass is 346 g/mol. The first-order valence-corrected chi connectivity index (χ1v) is 9.27. The van der Waals surface area contributed by atoms with Crippen LogP contribution >= 0.6 is 0 Å². The van der Waals surface area contributed by atoms with Gasteiger partial charge in [-0.15, -0.1) is 0 Å². The molecular weight excluding hydrogens is 324 g/mol. The van der Waals surface area contributed by atoms with Gasteiger partial charge in [0.05, 0.1) is 11.0 Å². The van der Waals surface area contributed by atoms with Crippen LogP contribution in [0.4, 0.5) is 0 Å². The minimum atomic E-state index is 0.147. The summed E-state index contributed by atoms with van der Waals surface area (Å²) in [5, 5.41) is 3.37. The number of carbonyl (C=O) groups is 1. The molecule has 5 nitrogen and oxygen atoms in total. The third kappa shape index (κ3) is 2.51. The van der Waals surface area contributed by atoms with E-state index in [1.165, 1.54) is 0 Å². The maximum atomic E-state index is 12.8. The Morgan fingerprint density at radius 1 is 1.00 bits per heavy atom. The van der Waals surface area contributed by atoms with Gasteiger partial charge >= 0.3 is 0 Å². The molecule has 2 saturated heterocycles. The third-order valence-corrected chi connectivity index (χ3v) is 5.96. The summed E-state index contributed by atoms with van der Waals surface area (Å²) in [6.07, 6.45) is 4.06. The molecule has 132 valence electrons. The molecule has 0 atom stereocenters. The summed E-state index contributed by atoms with van der Waals surface area (Å²) in [5.41, 5.74) is 4.29. The van der Waals surface area contributed by atoms with Crippen LogP contribution in [-0.4, -0.2) is 46.5 Å². The van der Waals surface area contributed by atoms with Crippen LogP contribution in [0.5, 0.6) is 0 Å². The van der Waals surface area contributed by atoms with Crippen molar-refractivity contribution in [1.29, 1.82) is 0 Å². The molecule has 0 radical (unpaired) electrons. The zero-order chi connectivity index (χ0) is 17.6. The van der Waals surface area contributed by atoms with E-state index >= 15 is 0 Å². The number of nitrogens with zero attached hydrogens (tertiary/aromatic N) is 3. The fourth-order valence-corrected chi connectivity index (χ4v) is 4.13. The van der Waals surface area contributed by atoms with Gasteiger partial charge in [0.25, 0.3) is 5.91 Å². The Balaban J connectivity index is 1.34. The molecule has 3 aromatic rings. The van der Waals surface area contributed by atoms with Crippen LogP contribution in [0.2, 0.25) is 0 Å². The lowest BCUT2D eigenvalue weighted by Gasteiger charge is -2.48. The zero-order valence-corrected chi connectivity index (χ0v) is 14.7. The number of fused-ring (bicyclic) bond motifs is 1. The van der Waals surface area contributed by atoms with Crippen molar-refractivity contribution in [2.24, 2.45) is 5.41 Å². The Labute approximate surface area is 152 Å². The van der Waals surface area contributed by atoms with Gasteiger partial charge < -0.3 is 10.2 Å². The van der Waals surface area contributed by atoms with Crippen LogP contribution in [0.15, 0.2) is 54.9 Å². The first kappa shape index (κ1) is 15.6. The largest absolute Gasteiger partial charge is 0.339 e. The molecule has 2 aromatic carbocycles. The van der Waals surface area contributed by atoms with Crippen molar-refractivity contribution in [3.8, 4) is 5.69 Å². The Morgan fingerprint density at radius 2 is 1.73 bits per heavy atom. The van der Waals surface area contributed by atoms with Crippen LogP contribution in [0.3, 0.4) is 0 Å². The highest BCUT2D eigenvalue weighted by molar-refractivity contribution is 5.94. The van der Waals surface area contributed by atoms with E-state index in [4.69, 9.17) is 0 Å². The van der Waals surface area contributed by atoms with Crippen LogP contribution in [0, 0.1) is 5.41 Å². The van der Waals surface area contributed by atoms with E-state index < -0.39 is 0 Å². The second-order valence-electron chi connectivity index (χ2n) is 7.55. The molecule has 5 rings (SSSR count). The van der Waals surface area contributed by atoms with Crippen LogP contribution in [0.1, 0.15) is 23.2 Å². The fourth-order valence-electron chi connectivity index (χ4n) is 4.13. The van der Waals surface area contributed by atoms with E-state index in [0.717, 1.165) is 61.3 Å². The predicted molar refractivity (Wildman–Crippen MR) is 102 cm³/mol. The van der Waals surface area contributed by atoms with E-state index in [0.29, 0.717) is 5.41 Å². The summed E-state index contributed by atoms with van der Waals surface area (Å²) >= 11 is 0. The average Bonchev–Trinajstić information content (AvgIpc) is 3.11. The van der Waals surface area contributed by atoms with Crippen molar-refractivity contribution < 1.29 is 4.79 Å². The van der Waals surface area contributed by atoms with Gasteiger partial charge in [-0.1, -0.05) is 12.1 Å². The minimum absolute atomic E-state index is 0.147. The summed E-state index contributed by atoms with van der Waals surface area (Å²) in [6.45, 7) is 3.97. The van der Waals surface area contributed by atoms with Gasteiger partial charge in [-0.25, -0.2) is 4.98 Å². The van der Waals surface area contributed by atoms with Crippen molar-refractivity contribution >= 4 is 16.9 Å². The maximum Gasteiger partial charge on any atom is 0.253 e. The number of aromatic nitrogens is 2. The Kier molecular flexibility index (Phi) is 3.57. The lowest BCUT2D eigenvalue weighted by molar-refractivity contribution is 0.0415. The molecule has 3 heterocycles. The molecule has 1 aromatic heterocycles. The standard InChI is InChI=1S/C21H22N4O/c26-20(24-11-9-21(10-12-24)13-22-14-21)16-5-7-17(8-6-16)25-15-23-18-3-1-2-4-19(18)25/h1-8,15,22H,9-14H2. The van der Waals surface area contributed by atoms with E-state index in [1.54, 1.807) is 0 Å². The van der Waals surface area contributed by atoms with E-state index in [-0.39, 0.29) is 5.91 Å². The molecular formula is C21H22N4O. The number of likely N-dealkylation sites (tertiary alicyclic amines) is 1. The molecule has 1 N–H and O–H groups in total. The Hall–Kier alpha value is -2.66. The second kappa shape index (κ2) is 5.95. The first-order valence-electron chi connectivity index (χ1n) is 9.27. The SMILES string of the molecule is O=C(c1ccc(-n2cnc3ccccc32)cc1)N1CCC2(CC1)CNC2. The topological polar surface area (TPSA) is 50.2 Å². The van der Waals surface area contributed by atoms with Gasteiger partial charge in [-0.2, -0.15) is 0 Å². The molecule has 5 heteroatoms. The number of para-hydroxylation sites is 2. The first-order chi connectivity index (χ1) is 12.7. The van der Waals surface area contributed by atoms with Gasteiger partial charge in [0, 0.05) is 37.4 Å². The molecule has 0 saturated carbocycles. The third-order valence-electron chi connectivity index (χ3n) is 5.96. The van der Waals surface area contributed by atoms with Gasteiger partial charge in [0.2, 0.25) is 0 Å². The highest BCUT2D eigenvalue weighted by Crippen LogP contribution is 2.35. The Morgan fingerprint density at radius 3 is 2.42 bits per heavy atom. The molecule has 0 unspecified atom stereocenters. The van der Waals surface area contributed by atoms with Crippen LogP contribution in [-0.2, 0) is 0 Å². The van der Waals surface area contributed by atoms with E-state index in [1.807, 2.05) is 53.7 Å². The van der Waals surface area contributed by atoms with Crippen molar-refractivity contribution in [3.63, 3.8) is 0 Å². The number of rotatable bonds is 2. The summed E-state index contributed by atoms with van der Waals surface area (Å²) in [5.74, 6) is 0.147. The Bertz CT molecular complexity index is 946. The summed E-state index contributed by atoms with van der Waals surface area (Å²) in [4.78, 5) is 19.3. The second-order valence-corrected chi connectivity index (χ2v) is 7.55. The molecule has 2 aliphatic heterocycles. The van der Waals surface area contributed by atoms with Crippen molar-refractivity contribution in [2.45, 2.75) is 12.8 Å². The van der Waals surface area contributed by atoms with Crippen LogP contribution in [0.25, 0.3) is 16.7 Å². The lowest BCUT2D eigenvalue weighted by Crippen LogP contribution is -2.58. The summed E-state index contributed by atoms with van der Waals surface area (Å²) in [6, 6.07) is 15.9. The normalized spacial score (nSPS) is 18.8. The lowest BCUT2D eigenvalue weighted by atomic mass is 9.73. The average molecular weight is 346 g/mol. The summed E-state index contributed by atoms with van der Waals surface area (Å²) in [7, 11) is 0. The number of benzene rings is 2. The molecule has 0 bridgehead atoms. The van der Waals surface area contributed by atoms with Crippen molar-refractivity contribution in [2.75, 3.05) is 26.2 Å². The molecule has 26 heavy (non-hydrogen) atoms. The molecule has 0 aliphatic carbocycles. The number of carbonyl (C=O) groups excluding carboxylic acids is 1. The number of imidazole rings is 1. The fraction of sp³-hybridized carbons (Fsp3) is 0.333. The number of piperidine rings is 1. The van der Waals surface area contributed by atoms with Crippen molar-refractivity contribution in [1.82, 2.24) is 19.8 Å². The molecule has 2 aliphatic rings. The molecule has 1 amide bonds. The van der Waals surface area contributed by atoms with E-state index in [9.17, 15) is 4.79 Å². The molecule has 2 fully saturated rings. The van der Waals surface area contributed by atoms with Crippen molar-refractivity contribution in [3.05, 3.63) is 60.4 Å². The van der Waals surface area contributed by atoms with Crippen LogP contribution < -0.4 is 5.32 Å². The van der Waals surface area contributed by atoms with Gasteiger partial charge in [-0.3, -0.25) is 9.36 Å². The van der Waals surface area contributed by atoms with Gasteiger partial charge in [-0.05, 0) is 54.7 Å². The number of hydrogen-bond donors (Lipinski definition) is 1. The highest BCUT2D eigenvalue weighted by Gasteiger charge is 2.40. The number of amides is 1. The van der Waals surface area contributed by atoms with E-state index in [2.05, 4.69) is 20.9 Å². The molecule has 1 spiro atoms. The summed E-state index contributed by atoms with van der Waals surface area (Å²) < 4.78 is 2.05. The predicted octanol–water partition coefficient (Wildman–Crippen LogP) is 2.85. The van der Waals surface area contributed by atoms with Gasteiger partial charge in [0.15, 0.2) is 0 Å². The maximum absolute atomic E-state index is 12.8. The minimum Gasteiger partial charge on any atom is -0.339 e. The number of hydrogen-bond acceptors (Lipinski definition) is 3. The van der Waals surface area contributed by atoms with Gasteiger partial charge in [0.1, 0.15) is 6.33 Å².